The minimum Gasteiger partial charge on any atom is -0.359 e. The van der Waals surface area contributed by atoms with Gasteiger partial charge < -0.3 is 14.7 Å². The molecule has 1 aromatic heterocycles. The molecule has 0 saturated carbocycles. The van der Waals surface area contributed by atoms with Gasteiger partial charge in [0.25, 0.3) is 17.2 Å². The van der Waals surface area contributed by atoms with E-state index in [4.69, 9.17) is 4.52 Å². The Morgan fingerprint density at radius 1 is 1.17 bits per heavy atom. The Morgan fingerprint density at radius 3 is 2.46 bits per heavy atom. The molecular weight excluding hydrogens is 470 g/mol. The van der Waals surface area contributed by atoms with Gasteiger partial charge in [-0.15, -0.1) is 0 Å². The number of anilines is 2. The molecule has 3 unspecified atom stereocenters. The highest BCUT2D eigenvalue weighted by atomic mass is 32.2. The van der Waals surface area contributed by atoms with Crippen LogP contribution in [0.3, 0.4) is 0 Å². The van der Waals surface area contributed by atoms with Crippen molar-refractivity contribution in [3.63, 3.8) is 0 Å². The third kappa shape index (κ3) is 4.60. The van der Waals surface area contributed by atoms with E-state index in [-0.39, 0.29) is 11.4 Å². The van der Waals surface area contributed by atoms with Crippen LogP contribution in [-0.2, 0) is 20.9 Å². The van der Waals surface area contributed by atoms with Crippen LogP contribution in [0.5, 0.6) is 0 Å². The maximum Gasteiger partial charge on any atom is 0.272 e. The molecule has 35 heavy (non-hydrogen) atoms. The summed E-state index contributed by atoms with van der Waals surface area (Å²) in [4.78, 5) is 32.7. The number of nitrogens with one attached hydrogen (secondary N) is 1. The highest BCUT2D eigenvalue weighted by Crippen LogP contribution is 2.29. The number of benzodiazepines with no additional fused rings is 1. The Morgan fingerprint density at radius 2 is 1.83 bits per heavy atom. The number of hydrogen-bond donors (Lipinski definition) is 2. The zero-order valence-corrected chi connectivity index (χ0v) is 20.4. The van der Waals surface area contributed by atoms with Crippen LogP contribution in [0.1, 0.15) is 29.5 Å². The van der Waals surface area contributed by atoms with Crippen LogP contribution in [0, 0.1) is 13.8 Å². The van der Waals surface area contributed by atoms with Gasteiger partial charge in [-0.3, -0.25) is 18.4 Å². The Kier molecular flexibility index (Phi) is 6.81. The molecule has 10 nitrogen and oxygen atoms in total. The summed E-state index contributed by atoms with van der Waals surface area (Å²) in [7, 11) is 1.62. The molecule has 0 radical (unpaired) electrons. The standard InChI is InChI=1S/C24H25N5O5S/c1-14-21(16(3)34-27-14)29(35(32)33)15(2)23(30)26-22-24(31)28(4)19-13-9-8-12-18(19)20(25-22)17-10-6-5-7-11-17/h5-13,15,22H,1-4H3,(H,26,30)(H,32,33). The summed E-state index contributed by atoms with van der Waals surface area (Å²) in [5, 5.41) is 6.45. The fourth-order valence-corrected chi connectivity index (χ4v) is 4.79. The van der Waals surface area contributed by atoms with Crippen LogP contribution in [0.4, 0.5) is 11.4 Å². The molecule has 1 aliphatic rings. The van der Waals surface area contributed by atoms with E-state index in [2.05, 4.69) is 15.5 Å². The fraction of sp³-hybridized carbons (Fsp3) is 0.250. The van der Waals surface area contributed by atoms with E-state index in [0.717, 1.165) is 15.4 Å². The molecule has 2 N–H and O–H groups in total. The van der Waals surface area contributed by atoms with Crippen molar-refractivity contribution in [2.45, 2.75) is 33.0 Å². The molecule has 11 heteroatoms. The summed E-state index contributed by atoms with van der Waals surface area (Å²) >= 11 is -2.56. The number of para-hydroxylation sites is 1. The second-order valence-electron chi connectivity index (χ2n) is 8.07. The fourth-order valence-electron chi connectivity index (χ4n) is 4.00. The number of carbonyl (C=O) groups excluding carboxylic acids is 2. The van der Waals surface area contributed by atoms with Crippen molar-refractivity contribution in [1.29, 1.82) is 0 Å². The number of amides is 2. The summed E-state index contributed by atoms with van der Waals surface area (Å²) in [5.74, 6) is -0.825. The normalized spacial score (nSPS) is 17.2. The van der Waals surface area contributed by atoms with Gasteiger partial charge in [-0.25, -0.2) is 9.20 Å². The van der Waals surface area contributed by atoms with Gasteiger partial charge in [0.1, 0.15) is 17.4 Å². The molecule has 0 fully saturated rings. The summed E-state index contributed by atoms with van der Waals surface area (Å²) in [6.07, 6.45) is -1.25. The maximum absolute atomic E-state index is 13.3. The summed E-state index contributed by atoms with van der Waals surface area (Å²) in [6.45, 7) is 4.64. The van der Waals surface area contributed by atoms with Crippen molar-refractivity contribution in [3.8, 4) is 0 Å². The van der Waals surface area contributed by atoms with Gasteiger partial charge in [0.15, 0.2) is 5.76 Å². The second kappa shape index (κ2) is 9.80. The lowest BCUT2D eigenvalue weighted by Gasteiger charge is -2.27. The molecule has 3 aromatic rings. The minimum atomic E-state index is -2.56. The van der Waals surface area contributed by atoms with E-state index < -0.39 is 35.3 Å². The SMILES string of the molecule is Cc1noc(C)c1N(C(C)C(=O)NC1N=C(c2ccccc2)c2ccccc2N(C)C1=O)S(=O)O. The molecule has 182 valence electrons. The number of aryl methyl sites for hydroxylation is 2. The second-order valence-corrected chi connectivity index (χ2v) is 8.93. The van der Waals surface area contributed by atoms with E-state index in [1.54, 1.807) is 20.9 Å². The Hall–Kier alpha value is -3.83. The molecule has 4 rings (SSSR count). The van der Waals surface area contributed by atoms with Gasteiger partial charge in [0.05, 0.1) is 11.4 Å². The van der Waals surface area contributed by atoms with Crippen molar-refractivity contribution < 1.29 is 22.9 Å². The van der Waals surface area contributed by atoms with Crippen molar-refractivity contribution in [3.05, 3.63) is 77.2 Å². The molecule has 3 atom stereocenters. The van der Waals surface area contributed by atoms with Crippen molar-refractivity contribution in [2.75, 3.05) is 16.3 Å². The number of benzene rings is 2. The van der Waals surface area contributed by atoms with Crippen LogP contribution < -0.4 is 14.5 Å². The van der Waals surface area contributed by atoms with Crippen LogP contribution in [0.15, 0.2) is 64.1 Å². The highest BCUT2D eigenvalue weighted by Gasteiger charge is 2.35. The van der Waals surface area contributed by atoms with Gasteiger partial charge in [-0.05, 0) is 26.8 Å². The number of carbonyl (C=O) groups is 2. The monoisotopic (exact) mass is 495 g/mol. The van der Waals surface area contributed by atoms with Crippen LogP contribution in [0.2, 0.25) is 0 Å². The van der Waals surface area contributed by atoms with Gasteiger partial charge in [0, 0.05) is 18.2 Å². The first-order chi connectivity index (χ1) is 16.7. The summed E-state index contributed by atoms with van der Waals surface area (Å²) in [6, 6.07) is 15.6. The molecule has 0 aliphatic carbocycles. The highest BCUT2D eigenvalue weighted by molar-refractivity contribution is 7.80. The number of fused-ring (bicyclic) bond motifs is 1. The molecule has 2 aromatic carbocycles. The average molecular weight is 496 g/mol. The smallest absolute Gasteiger partial charge is 0.272 e. The largest absolute Gasteiger partial charge is 0.359 e. The zero-order valence-electron chi connectivity index (χ0n) is 19.6. The van der Waals surface area contributed by atoms with Gasteiger partial charge in [0.2, 0.25) is 12.1 Å². The minimum absolute atomic E-state index is 0.235. The van der Waals surface area contributed by atoms with Crippen LogP contribution in [0.25, 0.3) is 0 Å². The van der Waals surface area contributed by atoms with Gasteiger partial charge >= 0.3 is 0 Å². The topological polar surface area (TPSA) is 128 Å². The molecule has 0 spiro atoms. The molecule has 1 aliphatic heterocycles. The molecule has 2 heterocycles. The third-order valence-electron chi connectivity index (χ3n) is 5.78. The average Bonchev–Trinajstić information content (AvgIpc) is 3.13. The van der Waals surface area contributed by atoms with E-state index in [0.29, 0.717) is 17.1 Å². The molecule has 0 bridgehead atoms. The predicted molar refractivity (Wildman–Crippen MR) is 133 cm³/mol. The number of hydrogen-bond acceptors (Lipinski definition) is 6. The van der Waals surface area contributed by atoms with E-state index in [1.807, 2.05) is 54.6 Å². The lowest BCUT2D eigenvalue weighted by Crippen LogP contribution is -2.53. The number of aromatic nitrogens is 1. The van der Waals surface area contributed by atoms with Crippen molar-refractivity contribution >= 4 is 40.2 Å². The molecule has 0 saturated heterocycles. The van der Waals surface area contributed by atoms with E-state index in [1.165, 1.54) is 11.8 Å². The predicted octanol–water partition coefficient (Wildman–Crippen LogP) is 2.58. The first-order valence-corrected chi connectivity index (χ1v) is 11.9. The number of likely N-dealkylation sites (N-methyl/N-ethyl adjacent to an activating group) is 1. The van der Waals surface area contributed by atoms with Gasteiger partial charge in [-0.1, -0.05) is 53.7 Å². The number of nitrogens with zero attached hydrogens (tertiary/aromatic N) is 4. The Balaban J connectivity index is 1.71. The van der Waals surface area contributed by atoms with E-state index >= 15 is 0 Å². The van der Waals surface area contributed by atoms with Crippen molar-refractivity contribution in [1.82, 2.24) is 10.5 Å². The molecule has 2 amide bonds. The van der Waals surface area contributed by atoms with E-state index in [9.17, 15) is 18.4 Å². The number of rotatable bonds is 6. The lowest BCUT2D eigenvalue weighted by atomic mass is 10.0. The Labute approximate surface area is 205 Å². The summed E-state index contributed by atoms with van der Waals surface area (Å²) in [5.41, 5.74) is 3.31. The quantitative estimate of drug-likeness (QED) is 0.506. The number of aliphatic imine (C=N–C) groups is 1. The third-order valence-corrected chi connectivity index (χ3v) is 6.62. The maximum atomic E-state index is 13.3. The van der Waals surface area contributed by atoms with Crippen molar-refractivity contribution in [2.24, 2.45) is 4.99 Å². The van der Waals surface area contributed by atoms with Crippen LogP contribution in [-0.4, -0.2) is 50.7 Å². The lowest BCUT2D eigenvalue weighted by molar-refractivity contribution is -0.127. The molecular formula is C24H25N5O5S. The first-order valence-electron chi connectivity index (χ1n) is 10.8. The van der Waals surface area contributed by atoms with Crippen LogP contribution >= 0.6 is 0 Å². The van der Waals surface area contributed by atoms with Gasteiger partial charge in [-0.2, -0.15) is 0 Å². The Bertz CT molecular complexity index is 1300. The zero-order chi connectivity index (χ0) is 25.3. The first kappa shape index (κ1) is 24.3. The summed E-state index contributed by atoms with van der Waals surface area (Å²) < 4.78 is 28.2.